The van der Waals surface area contributed by atoms with Crippen LogP contribution in [0.2, 0.25) is 0 Å². The Hall–Kier alpha value is -2.46. The summed E-state index contributed by atoms with van der Waals surface area (Å²) in [5, 5.41) is 13.2. The van der Waals surface area contributed by atoms with Crippen molar-refractivity contribution in [2.24, 2.45) is 0 Å². The van der Waals surface area contributed by atoms with E-state index in [1.54, 1.807) is 14.1 Å². The summed E-state index contributed by atoms with van der Waals surface area (Å²) >= 11 is 2.54. The molecule has 0 radical (unpaired) electrons. The summed E-state index contributed by atoms with van der Waals surface area (Å²) in [6.45, 7) is 3.29. The number of hydrogen-bond acceptors (Lipinski definition) is 8. The van der Waals surface area contributed by atoms with Crippen molar-refractivity contribution in [3.63, 3.8) is 0 Å². The maximum absolute atomic E-state index is 12.2. The molecule has 10 heteroatoms. The van der Waals surface area contributed by atoms with E-state index in [-0.39, 0.29) is 17.2 Å². The van der Waals surface area contributed by atoms with Gasteiger partial charge in [-0.05, 0) is 26.0 Å². The highest BCUT2D eigenvalue weighted by molar-refractivity contribution is 8.01. The molecule has 0 saturated carbocycles. The van der Waals surface area contributed by atoms with Gasteiger partial charge in [0, 0.05) is 31.2 Å². The van der Waals surface area contributed by atoms with E-state index >= 15 is 0 Å². The Morgan fingerprint density at radius 2 is 2.08 bits per heavy atom. The summed E-state index contributed by atoms with van der Waals surface area (Å²) < 4.78 is 5.76. The fourth-order valence-corrected chi connectivity index (χ4v) is 3.87. The second kappa shape index (κ2) is 8.28. The number of amides is 1. The van der Waals surface area contributed by atoms with Gasteiger partial charge in [-0.25, -0.2) is 9.78 Å². The molecule has 8 nitrogen and oxygen atoms in total. The van der Waals surface area contributed by atoms with E-state index in [9.17, 15) is 19.7 Å². The number of hydrogen-bond donors (Lipinski definition) is 0. The van der Waals surface area contributed by atoms with Crippen LogP contribution in [0.3, 0.4) is 0 Å². The Morgan fingerprint density at radius 3 is 2.62 bits per heavy atom. The Morgan fingerprint density at radius 1 is 1.38 bits per heavy atom. The minimum absolute atomic E-state index is 0.00905. The van der Waals surface area contributed by atoms with Gasteiger partial charge in [0.15, 0.2) is 10.4 Å². The molecule has 0 unspecified atom stereocenters. The maximum atomic E-state index is 12.2. The van der Waals surface area contributed by atoms with Gasteiger partial charge in [0.25, 0.3) is 11.6 Å². The molecule has 1 aromatic heterocycles. The number of rotatable bonds is 6. The first kappa shape index (κ1) is 19.9. The Labute approximate surface area is 158 Å². The van der Waals surface area contributed by atoms with Crippen LogP contribution < -0.4 is 0 Å². The van der Waals surface area contributed by atoms with Crippen LogP contribution in [0.1, 0.15) is 23.0 Å². The molecular weight excluding hydrogens is 378 g/mol. The van der Waals surface area contributed by atoms with Crippen molar-refractivity contribution in [2.45, 2.75) is 29.2 Å². The number of carbonyl (C=O) groups excluding carboxylic acids is 2. The molecule has 0 aliphatic carbocycles. The zero-order chi connectivity index (χ0) is 19.4. The van der Waals surface area contributed by atoms with Crippen LogP contribution >= 0.6 is 23.1 Å². The summed E-state index contributed by atoms with van der Waals surface area (Å²) in [6, 6.07) is 4.07. The number of benzene rings is 1. The minimum atomic E-state index is -0.982. The first-order valence-corrected chi connectivity index (χ1v) is 9.19. The topological polar surface area (TPSA) is 103 Å². The molecular formula is C16H17N3O5S2. The number of aromatic nitrogens is 1. The summed E-state index contributed by atoms with van der Waals surface area (Å²) in [4.78, 5) is 40.7. The Balaban J connectivity index is 2.23. The van der Waals surface area contributed by atoms with Gasteiger partial charge in [-0.15, -0.1) is 11.3 Å². The molecule has 2 aromatic rings. The smallest absolute Gasteiger partial charge is 0.339 e. The average molecular weight is 395 g/mol. The van der Waals surface area contributed by atoms with Crippen LogP contribution in [0, 0.1) is 17.0 Å². The standard InChI is InChI=1S/C16H17N3O5S2/c1-9-8-25-16(17-9)26-13-6-5-11(7-12(13)19(22)23)15(21)24-10(2)14(20)18(3)4/h5-8,10H,1-4H3/t10-/m1/s1. The molecule has 0 spiro atoms. The first-order valence-electron chi connectivity index (χ1n) is 7.49. The van der Waals surface area contributed by atoms with Gasteiger partial charge in [-0.2, -0.15) is 0 Å². The maximum Gasteiger partial charge on any atom is 0.339 e. The second-order valence-electron chi connectivity index (χ2n) is 5.58. The zero-order valence-electron chi connectivity index (χ0n) is 14.6. The predicted octanol–water partition coefficient (Wildman–Crippen LogP) is 3.14. The number of likely N-dealkylation sites (N-methyl/N-ethyl adjacent to an activating group) is 1. The minimum Gasteiger partial charge on any atom is -0.449 e. The normalized spacial score (nSPS) is 11.7. The third kappa shape index (κ3) is 4.79. The molecule has 0 aliphatic rings. The van der Waals surface area contributed by atoms with Crippen LogP contribution in [-0.4, -0.2) is 46.9 Å². The van der Waals surface area contributed by atoms with E-state index in [2.05, 4.69) is 4.98 Å². The molecule has 26 heavy (non-hydrogen) atoms. The van der Waals surface area contributed by atoms with E-state index in [4.69, 9.17) is 4.74 Å². The van der Waals surface area contributed by atoms with Crippen molar-refractivity contribution in [3.8, 4) is 0 Å². The van der Waals surface area contributed by atoms with Crippen molar-refractivity contribution >= 4 is 40.7 Å². The molecule has 1 atom stereocenters. The molecule has 0 saturated heterocycles. The average Bonchev–Trinajstić information content (AvgIpc) is 2.98. The van der Waals surface area contributed by atoms with E-state index < -0.39 is 17.0 Å². The van der Waals surface area contributed by atoms with Crippen LogP contribution in [-0.2, 0) is 9.53 Å². The molecule has 1 heterocycles. The van der Waals surface area contributed by atoms with Gasteiger partial charge in [-0.1, -0.05) is 11.8 Å². The van der Waals surface area contributed by atoms with Gasteiger partial charge in [0.05, 0.1) is 15.4 Å². The molecule has 0 fully saturated rings. The van der Waals surface area contributed by atoms with Gasteiger partial charge in [0.2, 0.25) is 0 Å². The summed E-state index contributed by atoms with van der Waals surface area (Å²) in [5.74, 6) is -1.17. The molecule has 2 rings (SSSR count). The number of carbonyl (C=O) groups is 2. The summed E-state index contributed by atoms with van der Waals surface area (Å²) in [5.41, 5.74) is 0.624. The predicted molar refractivity (Wildman–Crippen MR) is 97.6 cm³/mol. The molecule has 0 aliphatic heterocycles. The third-order valence-corrected chi connectivity index (χ3v) is 5.38. The summed E-state index contributed by atoms with van der Waals surface area (Å²) in [7, 11) is 3.09. The van der Waals surface area contributed by atoms with E-state index in [0.29, 0.717) is 9.24 Å². The molecule has 138 valence electrons. The van der Waals surface area contributed by atoms with Crippen molar-refractivity contribution < 1.29 is 19.2 Å². The quantitative estimate of drug-likeness (QED) is 0.420. The SMILES string of the molecule is Cc1csc(Sc2ccc(C(=O)O[C@H](C)C(=O)N(C)C)cc2[N+](=O)[O-])n1. The van der Waals surface area contributed by atoms with Crippen LogP contribution in [0.15, 0.2) is 32.8 Å². The molecule has 1 aromatic carbocycles. The van der Waals surface area contributed by atoms with Crippen molar-refractivity contribution in [3.05, 3.63) is 45.0 Å². The van der Waals surface area contributed by atoms with E-state index in [0.717, 1.165) is 23.5 Å². The number of aryl methyl sites for hydroxylation is 1. The van der Waals surface area contributed by atoms with Gasteiger partial charge in [-0.3, -0.25) is 14.9 Å². The van der Waals surface area contributed by atoms with Crippen LogP contribution in [0.5, 0.6) is 0 Å². The molecule has 1 amide bonds. The lowest BCUT2D eigenvalue weighted by molar-refractivity contribution is -0.387. The number of thiazole rings is 1. The first-order chi connectivity index (χ1) is 12.2. The Kier molecular flexibility index (Phi) is 6.32. The highest BCUT2D eigenvalue weighted by Crippen LogP contribution is 2.36. The third-order valence-electron chi connectivity index (χ3n) is 3.26. The van der Waals surface area contributed by atoms with Crippen LogP contribution in [0.25, 0.3) is 0 Å². The van der Waals surface area contributed by atoms with Crippen LogP contribution in [0.4, 0.5) is 5.69 Å². The lowest BCUT2D eigenvalue weighted by Crippen LogP contribution is -2.34. The molecule has 0 N–H and O–H groups in total. The number of ether oxygens (including phenoxy) is 1. The van der Waals surface area contributed by atoms with Gasteiger partial charge < -0.3 is 9.64 Å². The number of nitro benzene ring substituents is 1. The van der Waals surface area contributed by atoms with Crippen molar-refractivity contribution in [1.29, 1.82) is 0 Å². The van der Waals surface area contributed by atoms with E-state index in [1.165, 1.54) is 35.3 Å². The van der Waals surface area contributed by atoms with Gasteiger partial charge in [0.1, 0.15) is 0 Å². The molecule has 0 bridgehead atoms. The highest BCUT2D eigenvalue weighted by Gasteiger charge is 2.23. The number of nitrogens with zero attached hydrogens (tertiary/aromatic N) is 3. The number of nitro groups is 1. The van der Waals surface area contributed by atoms with Gasteiger partial charge >= 0.3 is 5.97 Å². The fourth-order valence-electron chi connectivity index (χ4n) is 1.99. The monoisotopic (exact) mass is 395 g/mol. The lowest BCUT2D eigenvalue weighted by atomic mass is 10.2. The van der Waals surface area contributed by atoms with Crippen molar-refractivity contribution in [2.75, 3.05) is 14.1 Å². The summed E-state index contributed by atoms with van der Waals surface area (Å²) in [6.07, 6.45) is -0.982. The van der Waals surface area contributed by atoms with Crippen molar-refractivity contribution in [1.82, 2.24) is 9.88 Å². The Bertz CT molecular complexity index is 850. The second-order valence-corrected chi connectivity index (χ2v) is 7.72. The highest BCUT2D eigenvalue weighted by atomic mass is 32.2. The number of esters is 1. The zero-order valence-corrected chi connectivity index (χ0v) is 16.2. The fraction of sp³-hybridized carbons (Fsp3) is 0.312. The largest absolute Gasteiger partial charge is 0.449 e. The lowest BCUT2D eigenvalue weighted by Gasteiger charge is -2.17. The van der Waals surface area contributed by atoms with E-state index in [1.807, 2.05) is 12.3 Å².